The highest BCUT2D eigenvalue weighted by Gasteiger charge is 2.70. The average molecular weight is 461 g/mol. The van der Waals surface area contributed by atoms with Gasteiger partial charge in [0.2, 0.25) is 0 Å². The molecule has 33 heavy (non-hydrogen) atoms. The van der Waals surface area contributed by atoms with Crippen LogP contribution in [0.4, 0.5) is 0 Å². The summed E-state index contributed by atoms with van der Waals surface area (Å²) in [6, 6.07) is 0. The molecule has 0 aromatic heterocycles. The molecule has 190 valence electrons. The van der Waals surface area contributed by atoms with Crippen LogP contribution < -0.4 is 0 Å². The van der Waals surface area contributed by atoms with E-state index in [1.807, 2.05) is 0 Å². The minimum atomic E-state index is -0.451. The zero-order valence-corrected chi connectivity index (χ0v) is 22.8. The van der Waals surface area contributed by atoms with Gasteiger partial charge in [-0.05, 0) is 130 Å². The molecule has 4 saturated carbocycles. The maximum atomic E-state index is 10.9. The van der Waals surface area contributed by atoms with E-state index < -0.39 is 5.60 Å². The Bertz CT molecular complexity index is 789. The van der Waals surface area contributed by atoms with Gasteiger partial charge in [0.15, 0.2) is 0 Å². The van der Waals surface area contributed by atoms with E-state index in [-0.39, 0.29) is 23.2 Å². The Morgan fingerprint density at radius 2 is 1.21 bits per heavy atom. The van der Waals surface area contributed by atoms with E-state index in [2.05, 4.69) is 55.4 Å². The molecule has 5 fully saturated rings. The highest BCUT2D eigenvalue weighted by atomic mass is 16.5. The van der Waals surface area contributed by atoms with Gasteiger partial charge >= 0.3 is 0 Å². The van der Waals surface area contributed by atoms with Crippen molar-refractivity contribution in [2.75, 3.05) is 0 Å². The first-order chi connectivity index (χ1) is 15.1. The van der Waals surface area contributed by atoms with Crippen molar-refractivity contribution in [1.29, 1.82) is 0 Å². The van der Waals surface area contributed by atoms with Gasteiger partial charge in [0.1, 0.15) is 0 Å². The van der Waals surface area contributed by atoms with Gasteiger partial charge in [0.25, 0.3) is 0 Å². The average Bonchev–Trinajstić information content (AvgIpc) is 3.07. The van der Waals surface area contributed by atoms with Gasteiger partial charge in [-0.25, -0.2) is 0 Å². The minimum Gasteiger partial charge on any atom is -0.393 e. The number of hydrogen-bond donors (Lipinski definition) is 2. The fraction of sp³-hybridized carbons (Fsp3) is 1.00. The van der Waals surface area contributed by atoms with E-state index in [1.54, 1.807) is 0 Å². The van der Waals surface area contributed by atoms with Crippen LogP contribution >= 0.6 is 0 Å². The van der Waals surface area contributed by atoms with E-state index in [0.717, 1.165) is 31.1 Å². The molecular weight excluding hydrogens is 408 g/mol. The van der Waals surface area contributed by atoms with E-state index in [4.69, 9.17) is 4.74 Å². The largest absolute Gasteiger partial charge is 0.393 e. The molecule has 1 aliphatic heterocycles. The van der Waals surface area contributed by atoms with Crippen molar-refractivity contribution in [3.63, 3.8) is 0 Å². The zero-order chi connectivity index (χ0) is 24.2. The Kier molecular flexibility index (Phi) is 5.38. The maximum Gasteiger partial charge on any atom is 0.0891 e. The lowest BCUT2D eigenvalue weighted by Gasteiger charge is -2.70. The van der Waals surface area contributed by atoms with Crippen LogP contribution in [0.15, 0.2) is 0 Å². The van der Waals surface area contributed by atoms with Crippen LogP contribution in [0.3, 0.4) is 0 Å². The van der Waals surface area contributed by atoms with Crippen LogP contribution in [0.1, 0.15) is 120 Å². The molecule has 0 spiro atoms. The lowest BCUT2D eigenvalue weighted by molar-refractivity contribution is -0.253. The van der Waals surface area contributed by atoms with Gasteiger partial charge in [-0.15, -0.1) is 0 Å². The summed E-state index contributed by atoms with van der Waals surface area (Å²) < 4.78 is 6.79. The van der Waals surface area contributed by atoms with Crippen molar-refractivity contribution in [3.05, 3.63) is 0 Å². The lowest BCUT2D eigenvalue weighted by atomic mass is 9.35. The number of aliphatic hydroxyl groups excluding tert-OH is 2. The van der Waals surface area contributed by atoms with Gasteiger partial charge in [-0.3, -0.25) is 0 Å². The van der Waals surface area contributed by atoms with Crippen molar-refractivity contribution in [2.24, 2.45) is 45.3 Å². The van der Waals surface area contributed by atoms with E-state index >= 15 is 0 Å². The molecule has 2 N–H and O–H groups in total. The summed E-state index contributed by atoms with van der Waals surface area (Å²) in [5.41, 5.74) is 0.536. The molecule has 5 aliphatic rings. The van der Waals surface area contributed by atoms with Crippen molar-refractivity contribution >= 4 is 0 Å². The molecule has 0 aromatic rings. The highest BCUT2D eigenvalue weighted by molar-refractivity contribution is 5.18. The molecule has 1 heterocycles. The fourth-order valence-electron chi connectivity index (χ4n) is 11.2. The molecule has 0 amide bonds. The molecule has 4 aliphatic carbocycles. The second-order valence-electron chi connectivity index (χ2n) is 15.3. The molecule has 3 heteroatoms. The number of rotatable bonds is 1. The second-order valence-corrected chi connectivity index (χ2v) is 15.3. The zero-order valence-electron chi connectivity index (χ0n) is 22.8. The topological polar surface area (TPSA) is 49.7 Å². The van der Waals surface area contributed by atoms with Crippen LogP contribution in [-0.2, 0) is 4.74 Å². The third-order valence-electron chi connectivity index (χ3n) is 13.4. The standard InChI is InChI=1S/C30H52O3/c1-25(2)21-12-17-29(7)22(27(21,5)15-13-23(25)31)10-9-19-20(11-16-28(19,29)6)30(8)18-14-24(32)26(3,4)33-30/h19-24,31-32H,9-18H2,1-8H3/t19-,20-,21?,22+,23-,24-,27-,28-,29+,30-/m0/s1. The minimum absolute atomic E-state index is 0.0279. The summed E-state index contributed by atoms with van der Waals surface area (Å²) in [5.74, 6) is 2.71. The first kappa shape index (κ1) is 24.6. The number of hydrogen-bond acceptors (Lipinski definition) is 3. The van der Waals surface area contributed by atoms with Crippen molar-refractivity contribution < 1.29 is 14.9 Å². The molecular formula is C30H52O3. The summed E-state index contributed by atoms with van der Waals surface area (Å²) in [7, 11) is 0. The van der Waals surface area contributed by atoms with Crippen LogP contribution in [0.5, 0.6) is 0 Å². The van der Waals surface area contributed by atoms with Crippen molar-refractivity contribution in [3.8, 4) is 0 Å². The summed E-state index contributed by atoms with van der Waals surface area (Å²) in [6.45, 7) is 19.2. The third-order valence-corrected chi connectivity index (χ3v) is 13.4. The summed E-state index contributed by atoms with van der Waals surface area (Å²) in [4.78, 5) is 0. The quantitative estimate of drug-likeness (QED) is 0.455. The Balaban J connectivity index is 1.46. The van der Waals surface area contributed by atoms with Crippen LogP contribution in [0.2, 0.25) is 0 Å². The molecule has 3 nitrogen and oxygen atoms in total. The Hall–Kier alpha value is -0.120. The summed E-state index contributed by atoms with van der Waals surface area (Å²) in [5, 5.41) is 21.4. The van der Waals surface area contributed by atoms with Crippen LogP contribution in [0, 0.1) is 45.3 Å². The normalized spacial score (nSPS) is 57.6. The maximum absolute atomic E-state index is 10.9. The van der Waals surface area contributed by atoms with Gasteiger partial charge in [0, 0.05) is 0 Å². The molecule has 0 aromatic carbocycles. The SMILES string of the molecule is CC1(C)O[C@](C)([C@H]2CC[C@@]3(C)[C@H]2CC[C@@H]2[C@@]4(C)CC[C@H](O)C(C)(C)C4CC[C@]23C)CC[C@@H]1O. The van der Waals surface area contributed by atoms with Crippen molar-refractivity contribution in [2.45, 2.75) is 143 Å². The molecule has 0 radical (unpaired) electrons. The predicted octanol–water partition coefficient (Wildman–Crippen LogP) is 6.74. The number of aliphatic hydroxyl groups is 2. The van der Waals surface area contributed by atoms with Gasteiger partial charge in [-0.2, -0.15) is 0 Å². The first-order valence-electron chi connectivity index (χ1n) is 14.2. The predicted molar refractivity (Wildman–Crippen MR) is 134 cm³/mol. The Morgan fingerprint density at radius 3 is 1.88 bits per heavy atom. The summed E-state index contributed by atoms with van der Waals surface area (Å²) in [6.07, 6.45) is 11.4. The molecule has 1 saturated heterocycles. The third kappa shape index (κ3) is 3.10. The van der Waals surface area contributed by atoms with E-state index in [9.17, 15) is 10.2 Å². The smallest absolute Gasteiger partial charge is 0.0891 e. The molecule has 1 unspecified atom stereocenters. The summed E-state index contributed by atoms with van der Waals surface area (Å²) >= 11 is 0. The lowest BCUT2D eigenvalue weighted by Crippen LogP contribution is -2.64. The first-order valence-corrected chi connectivity index (χ1v) is 14.2. The van der Waals surface area contributed by atoms with Crippen molar-refractivity contribution in [1.82, 2.24) is 0 Å². The van der Waals surface area contributed by atoms with Gasteiger partial charge in [0.05, 0.1) is 23.4 Å². The van der Waals surface area contributed by atoms with E-state index in [0.29, 0.717) is 28.1 Å². The Morgan fingerprint density at radius 1 is 0.576 bits per heavy atom. The molecule has 0 bridgehead atoms. The monoisotopic (exact) mass is 460 g/mol. The number of fused-ring (bicyclic) bond motifs is 5. The highest BCUT2D eigenvalue weighted by Crippen LogP contribution is 2.76. The van der Waals surface area contributed by atoms with Gasteiger partial charge < -0.3 is 14.9 Å². The van der Waals surface area contributed by atoms with Gasteiger partial charge in [-0.1, -0.05) is 34.6 Å². The second kappa shape index (κ2) is 7.22. The molecule has 10 atom stereocenters. The van der Waals surface area contributed by atoms with Crippen LogP contribution in [0.25, 0.3) is 0 Å². The van der Waals surface area contributed by atoms with E-state index in [1.165, 1.54) is 44.9 Å². The number of ether oxygens (including phenoxy) is 1. The Labute approximate surface area is 203 Å². The molecule has 5 rings (SSSR count). The fourth-order valence-corrected chi connectivity index (χ4v) is 11.2. The van der Waals surface area contributed by atoms with Crippen LogP contribution in [-0.4, -0.2) is 33.6 Å².